The predicted octanol–water partition coefficient (Wildman–Crippen LogP) is 19.0. The molecular formula is C69H55N. The molecule has 0 heterocycles. The maximum Gasteiger partial charge on any atom is 0.0540 e. The molecule has 70 heavy (non-hydrogen) atoms. The number of anilines is 3. The molecule has 0 amide bonds. The lowest BCUT2D eigenvalue weighted by Crippen LogP contribution is -2.28. The topological polar surface area (TPSA) is 3.24 Å². The Morgan fingerprint density at radius 1 is 0.300 bits per heavy atom. The lowest BCUT2D eigenvalue weighted by atomic mass is 9.68. The van der Waals surface area contributed by atoms with Gasteiger partial charge in [0.15, 0.2) is 0 Å². The molecule has 1 nitrogen and oxygen atoms in total. The number of rotatable bonds is 8. The molecule has 1 heteroatoms. The van der Waals surface area contributed by atoms with E-state index in [1.54, 1.807) is 0 Å². The van der Waals surface area contributed by atoms with Crippen molar-refractivity contribution in [3.05, 3.63) is 259 Å². The highest BCUT2D eigenvalue weighted by atomic mass is 15.1. The second-order valence-corrected chi connectivity index (χ2v) is 20.3. The predicted molar refractivity (Wildman–Crippen MR) is 295 cm³/mol. The first-order valence-electron chi connectivity index (χ1n) is 25.3. The molecule has 10 aromatic carbocycles. The summed E-state index contributed by atoms with van der Waals surface area (Å²) < 4.78 is 0. The van der Waals surface area contributed by atoms with Crippen LogP contribution in [0.1, 0.15) is 68.2 Å². The summed E-state index contributed by atoms with van der Waals surface area (Å²) in [4.78, 5) is 2.52. The monoisotopic (exact) mass is 897 g/mol. The molecule has 0 bridgehead atoms. The van der Waals surface area contributed by atoms with Crippen LogP contribution in [0.5, 0.6) is 0 Å². The van der Waals surface area contributed by atoms with Crippen molar-refractivity contribution in [3.8, 4) is 77.9 Å². The van der Waals surface area contributed by atoms with E-state index in [1.165, 1.54) is 138 Å². The lowest BCUT2D eigenvalue weighted by molar-refractivity contribution is 0.353. The van der Waals surface area contributed by atoms with Crippen LogP contribution in [0, 0.1) is 0 Å². The highest BCUT2D eigenvalue weighted by Gasteiger charge is 2.44. The fourth-order valence-corrected chi connectivity index (χ4v) is 12.8. The Morgan fingerprint density at radius 3 is 1.41 bits per heavy atom. The zero-order valence-corrected chi connectivity index (χ0v) is 40.0. The fraction of sp³-hybridized carbons (Fsp3) is 0.130. The van der Waals surface area contributed by atoms with E-state index in [1.807, 2.05) is 0 Å². The van der Waals surface area contributed by atoms with Gasteiger partial charge in [-0.1, -0.05) is 239 Å². The van der Waals surface area contributed by atoms with Crippen LogP contribution in [0.3, 0.4) is 0 Å². The van der Waals surface area contributed by atoms with E-state index in [4.69, 9.17) is 0 Å². The number of hydrogen-bond donors (Lipinski definition) is 0. The van der Waals surface area contributed by atoms with Crippen LogP contribution in [-0.2, 0) is 10.8 Å². The zero-order chi connectivity index (χ0) is 46.8. The van der Waals surface area contributed by atoms with Gasteiger partial charge in [0.25, 0.3) is 0 Å². The SMILES string of the molecule is CC1(C)c2ccccc2-c2cccc(-c3ccccc3-c3ccc(N(c4ccc5c(c4)C4(CCCCC4)c4ccccc4-5)c4ccccc4-c4ccc(-c5ccc(-c6ccccc6)cc5)cc4)cc3)c21. The molecule has 0 N–H and O–H groups in total. The van der Waals surface area contributed by atoms with Gasteiger partial charge in [-0.25, -0.2) is 0 Å². The average Bonchev–Trinajstić information content (AvgIpc) is 3.83. The molecule has 0 atom stereocenters. The maximum atomic E-state index is 2.55. The van der Waals surface area contributed by atoms with Crippen LogP contribution >= 0.6 is 0 Å². The molecule has 10 aromatic rings. The van der Waals surface area contributed by atoms with Gasteiger partial charge in [0, 0.05) is 27.8 Å². The molecule has 1 saturated carbocycles. The number of fused-ring (bicyclic) bond motifs is 8. The molecule has 1 spiro atoms. The van der Waals surface area contributed by atoms with E-state index in [-0.39, 0.29) is 10.8 Å². The first-order chi connectivity index (χ1) is 34.5. The Morgan fingerprint density at radius 2 is 0.743 bits per heavy atom. The Balaban J connectivity index is 0.919. The van der Waals surface area contributed by atoms with Crippen molar-refractivity contribution in [2.24, 2.45) is 0 Å². The molecule has 0 saturated heterocycles. The van der Waals surface area contributed by atoms with Gasteiger partial charge >= 0.3 is 0 Å². The van der Waals surface area contributed by atoms with Gasteiger partial charge in [-0.3, -0.25) is 0 Å². The summed E-state index contributed by atoms with van der Waals surface area (Å²) in [7, 11) is 0. The van der Waals surface area contributed by atoms with Crippen molar-refractivity contribution in [1.82, 2.24) is 0 Å². The second-order valence-electron chi connectivity index (χ2n) is 20.3. The van der Waals surface area contributed by atoms with Crippen LogP contribution in [-0.4, -0.2) is 0 Å². The molecule has 336 valence electrons. The van der Waals surface area contributed by atoms with Crippen molar-refractivity contribution < 1.29 is 0 Å². The molecule has 3 aliphatic carbocycles. The molecular weight excluding hydrogens is 843 g/mol. The minimum atomic E-state index is -0.116. The average molecular weight is 898 g/mol. The van der Waals surface area contributed by atoms with Crippen LogP contribution in [0.2, 0.25) is 0 Å². The van der Waals surface area contributed by atoms with Gasteiger partial charge in [-0.2, -0.15) is 0 Å². The van der Waals surface area contributed by atoms with Gasteiger partial charge < -0.3 is 4.90 Å². The first-order valence-corrected chi connectivity index (χ1v) is 25.3. The lowest BCUT2D eigenvalue weighted by Gasteiger charge is -2.37. The molecule has 3 aliphatic rings. The van der Waals surface area contributed by atoms with E-state index >= 15 is 0 Å². The third-order valence-electron chi connectivity index (χ3n) is 16.1. The zero-order valence-electron chi connectivity index (χ0n) is 40.0. The second kappa shape index (κ2) is 16.9. The first kappa shape index (κ1) is 42.1. The van der Waals surface area contributed by atoms with Gasteiger partial charge in [-0.05, 0) is 138 Å². The minimum absolute atomic E-state index is 0.0433. The number of nitrogens with zero attached hydrogens (tertiary/aromatic N) is 1. The van der Waals surface area contributed by atoms with Crippen LogP contribution < -0.4 is 4.90 Å². The Bertz CT molecular complexity index is 3570. The van der Waals surface area contributed by atoms with E-state index in [9.17, 15) is 0 Å². The van der Waals surface area contributed by atoms with Gasteiger partial charge in [0.2, 0.25) is 0 Å². The summed E-state index contributed by atoms with van der Waals surface area (Å²) in [6, 6.07) is 88.5. The van der Waals surface area contributed by atoms with E-state index < -0.39 is 0 Å². The third-order valence-corrected chi connectivity index (χ3v) is 16.1. The Kier molecular flexibility index (Phi) is 10.2. The molecule has 13 rings (SSSR count). The smallest absolute Gasteiger partial charge is 0.0540 e. The van der Waals surface area contributed by atoms with Crippen molar-refractivity contribution in [2.45, 2.75) is 56.8 Å². The largest absolute Gasteiger partial charge is 0.310 e. The number of benzene rings is 10. The quantitative estimate of drug-likeness (QED) is 0.147. The van der Waals surface area contributed by atoms with Crippen molar-refractivity contribution >= 4 is 17.1 Å². The highest BCUT2D eigenvalue weighted by molar-refractivity contribution is 5.95. The van der Waals surface area contributed by atoms with Crippen molar-refractivity contribution in [2.75, 3.05) is 4.90 Å². The molecule has 0 radical (unpaired) electrons. The Labute approximate surface area is 413 Å². The number of hydrogen-bond acceptors (Lipinski definition) is 1. The number of para-hydroxylation sites is 1. The van der Waals surface area contributed by atoms with Crippen LogP contribution in [0.15, 0.2) is 237 Å². The van der Waals surface area contributed by atoms with Gasteiger partial charge in [0.05, 0.1) is 5.69 Å². The summed E-state index contributed by atoms with van der Waals surface area (Å²) >= 11 is 0. The van der Waals surface area contributed by atoms with E-state index in [2.05, 4.69) is 255 Å². The molecule has 0 aromatic heterocycles. The Hall–Kier alpha value is -8.00. The summed E-state index contributed by atoms with van der Waals surface area (Å²) in [6.07, 6.45) is 6.22. The standard InChI is InChI=1S/C69H55N/c1-68(2)63-27-12-9-24-59(63)62-26-17-25-61(67(62)68)57-22-8-7-20-55(57)51-38-40-53(41-39-51)70(54-42-43-60-58-23-10-13-28-64(58)69(65(60)46-54)44-15-4-16-45-69)66-29-14-11-21-56(66)52-36-34-50(35-37-52)49-32-30-48(31-33-49)47-18-5-3-6-19-47/h3,5-14,17-43,46H,4,15-16,44-45H2,1-2H3. The molecule has 0 aliphatic heterocycles. The normalized spacial score (nSPS) is 14.7. The van der Waals surface area contributed by atoms with Crippen LogP contribution in [0.4, 0.5) is 17.1 Å². The summed E-state index contributed by atoms with van der Waals surface area (Å²) in [5.74, 6) is 0. The van der Waals surface area contributed by atoms with E-state index in [0.717, 1.165) is 11.4 Å². The molecule has 0 unspecified atom stereocenters. The van der Waals surface area contributed by atoms with Crippen molar-refractivity contribution in [3.63, 3.8) is 0 Å². The molecule has 1 fully saturated rings. The fourth-order valence-electron chi connectivity index (χ4n) is 12.8. The van der Waals surface area contributed by atoms with E-state index in [0.29, 0.717) is 0 Å². The van der Waals surface area contributed by atoms with Gasteiger partial charge in [-0.15, -0.1) is 0 Å². The summed E-state index contributed by atoms with van der Waals surface area (Å²) in [5, 5.41) is 0. The van der Waals surface area contributed by atoms with Crippen molar-refractivity contribution in [1.29, 1.82) is 0 Å². The summed E-state index contributed by atoms with van der Waals surface area (Å²) in [5.41, 5.74) is 27.0. The maximum absolute atomic E-state index is 2.55. The third kappa shape index (κ3) is 6.82. The highest BCUT2D eigenvalue weighted by Crippen LogP contribution is 2.58. The summed E-state index contributed by atoms with van der Waals surface area (Å²) in [6.45, 7) is 4.77. The minimum Gasteiger partial charge on any atom is -0.310 e. The van der Waals surface area contributed by atoms with Gasteiger partial charge in [0.1, 0.15) is 0 Å². The van der Waals surface area contributed by atoms with Crippen LogP contribution in [0.25, 0.3) is 77.9 Å².